The summed E-state index contributed by atoms with van der Waals surface area (Å²) in [7, 11) is 0. The molecule has 0 aromatic heterocycles. The summed E-state index contributed by atoms with van der Waals surface area (Å²) in [6, 6.07) is 0.412. The van der Waals surface area contributed by atoms with Crippen LogP contribution in [0.5, 0.6) is 0 Å². The summed E-state index contributed by atoms with van der Waals surface area (Å²) in [5, 5.41) is 0. The highest BCUT2D eigenvalue weighted by atomic mass is 16.2. The van der Waals surface area contributed by atoms with Crippen molar-refractivity contribution in [2.24, 2.45) is 5.73 Å². The van der Waals surface area contributed by atoms with Crippen molar-refractivity contribution in [2.45, 2.75) is 45.8 Å². The third-order valence-corrected chi connectivity index (χ3v) is 2.96. The van der Waals surface area contributed by atoms with E-state index in [1.807, 2.05) is 18.7 Å². The number of amides is 1. The highest BCUT2D eigenvalue weighted by molar-refractivity contribution is 5.82. The molecule has 1 amide bonds. The number of piperazine rings is 1. The summed E-state index contributed by atoms with van der Waals surface area (Å²) in [5.41, 5.74) is 5.76. The lowest BCUT2D eigenvalue weighted by Crippen LogP contribution is -2.59. The Bertz CT molecular complexity index is 228. The minimum atomic E-state index is -0.0212. The smallest absolute Gasteiger partial charge is 0.239 e. The van der Waals surface area contributed by atoms with Crippen LogP contribution in [0.25, 0.3) is 0 Å². The fraction of sp³-hybridized carbons (Fsp3) is 0.909. The summed E-state index contributed by atoms with van der Waals surface area (Å²) in [5.74, 6) is 0.233. The maximum atomic E-state index is 12.0. The molecule has 2 N–H and O–H groups in total. The van der Waals surface area contributed by atoms with Gasteiger partial charge >= 0.3 is 0 Å². The van der Waals surface area contributed by atoms with Gasteiger partial charge in [-0.25, -0.2) is 0 Å². The minimum absolute atomic E-state index is 0.0212. The van der Waals surface area contributed by atoms with Crippen molar-refractivity contribution in [3.05, 3.63) is 0 Å². The molecule has 0 aromatic carbocycles. The van der Waals surface area contributed by atoms with Crippen molar-refractivity contribution < 1.29 is 4.79 Å². The standard InChI is InChI=1S/C11H23N3O/c1-8(2)14-6-5-13(7-9(3)12)10(4)11(14)15/h8-10H,5-7,12H2,1-4H3. The fourth-order valence-corrected chi connectivity index (χ4v) is 2.07. The predicted octanol–water partition coefficient (Wildman–Crippen LogP) is 0.275. The Morgan fingerprint density at radius 3 is 2.47 bits per heavy atom. The molecule has 1 aliphatic rings. The van der Waals surface area contributed by atoms with Gasteiger partial charge in [-0.15, -0.1) is 0 Å². The molecular weight excluding hydrogens is 190 g/mol. The number of nitrogens with zero attached hydrogens (tertiary/aromatic N) is 2. The lowest BCUT2D eigenvalue weighted by Gasteiger charge is -2.41. The van der Waals surface area contributed by atoms with Crippen LogP contribution in [0.2, 0.25) is 0 Å². The van der Waals surface area contributed by atoms with E-state index in [2.05, 4.69) is 18.7 Å². The monoisotopic (exact) mass is 213 g/mol. The summed E-state index contributed by atoms with van der Waals surface area (Å²) in [6.45, 7) is 10.6. The molecular formula is C11H23N3O. The number of carbonyl (C=O) groups is 1. The molecule has 0 bridgehead atoms. The molecule has 0 radical (unpaired) electrons. The molecule has 1 rings (SSSR count). The Morgan fingerprint density at radius 1 is 1.40 bits per heavy atom. The van der Waals surface area contributed by atoms with E-state index >= 15 is 0 Å². The van der Waals surface area contributed by atoms with E-state index in [-0.39, 0.29) is 18.0 Å². The summed E-state index contributed by atoms with van der Waals surface area (Å²) >= 11 is 0. The summed E-state index contributed by atoms with van der Waals surface area (Å²) in [6.07, 6.45) is 0. The normalized spacial score (nSPS) is 26.1. The number of rotatable bonds is 3. The van der Waals surface area contributed by atoms with Gasteiger partial charge in [-0.2, -0.15) is 0 Å². The molecule has 0 aromatic rings. The first-order valence-corrected chi connectivity index (χ1v) is 5.73. The second kappa shape index (κ2) is 4.94. The first-order chi connectivity index (χ1) is 6.93. The number of carbonyl (C=O) groups excluding carboxylic acids is 1. The molecule has 0 saturated carbocycles. The van der Waals surface area contributed by atoms with Gasteiger partial charge in [-0.05, 0) is 27.7 Å². The van der Waals surface area contributed by atoms with Crippen molar-refractivity contribution in [3.63, 3.8) is 0 Å². The van der Waals surface area contributed by atoms with E-state index in [1.165, 1.54) is 0 Å². The molecule has 1 saturated heterocycles. The largest absolute Gasteiger partial charge is 0.338 e. The number of hydrogen-bond donors (Lipinski definition) is 1. The van der Waals surface area contributed by atoms with Gasteiger partial charge in [0.05, 0.1) is 6.04 Å². The quantitative estimate of drug-likeness (QED) is 0.732. The third kappa shape index (κ3) is 2.92. The molecule has 4 nitrogen and oxygen atoms in total. The van der Waals surface area contributed by atoms with E-state index in [1.54, 1.807) is 0 Å². The first-order valence-electron chi connectivity index (χ1n) is 5.73. The van der Waals surface area contributed by atoms with Crippen molar-refractivity contribution in [2.75, 3.05) is 19.6 Å². The first kappa shape index (κ1) is 12.5. The van der Waals surface area contributed by atoms with Gasteiger partial charge in [0.1, 0.15) is 0 Å². The van der Waals surface area contributed by atoms with Crippen LogP contribution in [0.15, 0.2) is 0 Å². The molecule has 1 aliphatic heterocycles. The molecule has 1 fully saturated rings. The Kier molecular flexibility index (Phi) is 4.11. The second-order valence-electron chi connectivity index (χ2n) is 4.77. The minimum Gasteiger partial charge on any atom is -0.338 e. The molecule has 2 atom stereocenters. The topological polar surface area (TPSA) is 49.6 Å². The number of nitrogens with two attached hydrogens (primary N) is 1. The average molecular weight is 213 g/mol. The van der Waals surface area contributed by atoms with Gasteiger partial charge in [0.2, 0.25) is 5.91 Å². The van der Waals surface area contributed by atoms with E-state index in [0.717, 1.165) is 19.6 Å². The van der Waals surface area contributed by atoms with Gasteiger partial charge < -0.3 is 10.6 Å². The van der Waals surface area contributed by atoms with E-state index in [9.17, 15) is 4.79 Å². The van der Waals surface area contributed by atoms with Gasteiger partial charge in [-0.3, -0.25) is 9.69 Å². The Hall–Kier alpha value is -0.610. The average Bonchev–Trinajstić information content (AvgIpc) is 2.12. The maximum Gasteiger partial charge on any atom is 0.239 e. The molecule has 2 unspecified atom stereocenters. The zero-order valence-corrected chi connectivity index (χ0v) is 10.2. The highest BCUT2D eigenvalue weighted by Crippen LogP contribution is 2.13. The highest BCUT2D eigenvalue weighted by Gasteiger charge is 2.32. The Morgan fingerprint density at radius 2 is 2.00 bits per heavy atom. The van der Waals surface area contributed by atoms with Crippen LogP contribution in [-0.4, -0.2) is 53.5 Å². The molecule has 1 heterocycles. The van der Waals surface area contributed by atoms with Crippen LogP contribution in [0.3, 0.4) is 0 Å². The van der Waals surface area contributed by atoms with Crippen molar-refractivity contribution in [3.8, 4) is 0 Å². The summed E-state index contributed by atoms with van der Waals surface area (Å²) < 4.78 is 0. The Labute approximate surface area is 92.4 Å². The van der Waals surface area contributed by atoms with Crippen LogP contribution >= 0.6 is 0 Å². The van der Waals surface area contributed by atoms with Gasteiger partial charge in [-0.1, -0.05) is 0 Å². The molecule has 15 heavy (non-hydrogen) atoms. The molecule has 0 aliphatic carbocycles. The zero-order chi connectivity index (χ0) is 11.6. The van der Waals surface area contributed by atoms with Gasteiger partial charge in [0.25, 0.3) is 0 Å². The van der Waals surface area contributed by atoms with Crippen LogP contribution in [-0.2, 0) is 4.79 Å². The zero-order valence-electron chi connectivity index (χ0n) is 10.2. The van der Waals surface area contributed by atoms with Crippen LogP contribution in [0.1, 0.15) is 27.7 Å². The lowest BCUT2D eigenvalue weighted by atomic mass is 10.1. The van der Waals surface area contributed by atoms with Crippen LogP contribution < -0.4 is 5.73 Å². The summed E-state index contributed by atoms with van der Waals surface area (Å²) in [4.78, 5) is 16.1. The van der Waals surface area contributed by atoms with Crippen molar-refractivity contribution in [1.82, 2.24) is 9.80 Å². The Balaban J connectivity index is 2.60. The van der Waals surface area contributed by atoms with Gasteiger partial charge in [0, 0.05) is 31.7 Å². The lowest BCUT2D eigenvalue weighted by molar-refractivity contribution is -0.143. The SMILES string of the molecule is CC(N)CN1CCN(C(C)C)C(=O)C1C. The predicted molar refractivity (Wildman–Crippen MR) is 61.5 cm³/mol. The van der Waals surface area contributed by atoms with E-state index in [0.29, 0.717) is 6.04 Å². The van der Waals surface area contributed by atoms with E-state index in [4.69, 9.17) is 5.73 Å². The fourth-order valence-electron chi connectivity index (χ4n) is 2.07. The van der Waals surface area contributed by atoms with Crippen LogP contribution in [0, 0.1) is 0 Å². The molecule has 0 spiro atoms. The van der Waals surface area contributed by atoms with Crippen LogP contribution in [0.4, 0.5) is 0 Å². The van der Waals surface area contributed by atoms with Crippen molar-refractivity contribution in [1.29, 1.82) is 0 Å². The van der Waals surface area contributed by atoms with Crippen molar-refractivity contribution >= 4 is 5.91 Å². The third-order valence-electron chi connectivity index (χ3n) is 2.96. The van der Waals surface area contributed by atoms with E-state index < -0.39 is 0 Å². The maximum absolute atomic E-state index is 12.0. The number of hydrogen-bond acceptors (Lipinski definition) is 3. The van der Waals surface area contributed by atoms with Gasteiger partial charge in [0.15, 0.2) is 0 Å². The molecule has 4 heteroatoms. The molecule has 88 valence electrons. The second-order valence-corrected chi connectivity index (χ2v) is 4.77.